The van der Waals surface area contributed by atoms with E-state index >= 15 is 0 Å². The van der Waals surface area contributed by atoms with Crippen molar-refractivity contribution < 1.29 is 14.3 Å². The fourth-order valence-corrected chi connectivity index (χ4v) is 2.37. The SMILES string of the molecule is O=C(OC(=O)C1CCCNC1)C1CCCNC1. The minimum atomic E-state index is -0.354. The number of piperidine rings is 2. The molecule has 5 nitrogen and oxygen atoms in total. The average molecular weight is 240 g/mol. The predicted octanol–water partition coefficient (Wildman–Crippen LogP) is 0.0554. The van der Waals surface area contributed by atoms with Crippen LogP contribution in [-0.4, -0.2) is 38.1 Å². The van der Waals surface area contributed by atoms with E-state index < -0.39 is 0 Å². The molecule has 2 N–H and O–H groups in total. The molecule has 0 saturated carbocycles. The molecule has 0 spiro atoms. The Bertz CT molecular complexity index is 253. The van der Waals surface area contributed by atoms with Gasteiger partial charge in [-0.1, -0.05) is 0 Å². The first-order valence-electron chi connectivity index (χ1n) is 6.44. The molecular weight excluding hydrogens is 220 g/mol. The van der Waals surface area contributed by atoms with Gasteiger partial charge in [-0.25, -0.2) is 0 Å². The molecule has 2 aliphatic rings. The van der Waals surface area contributed by atoms with Crippen LogP contribution in [-0.2, 0) is 14.3 Å². The van der Waals surface area contributed by atoms with Crippen LogP contribution in [0.1, 0.15) is 25.7 Å². The minimum absolute atomic E-state index is 0.149. The molecule has 0 amide bonds. The second kappa shape index (κ2) is 6.12. The van der Waals surface area contributed by atoms with E-state index in [-0.39, 0.29) is 23.8 Å². The highest BCUT2D eigenvalue weighted by molar-refractivity contribution is 5.88. The fourth-order valence-electron chi connectivity index (χ4n) is 2.37. The molecule has 0 aromatic rings. The Hall–Kier alpha value is -0.940. The van der Waals surface area contributed by atoms with E-state index in [1.54, 1.807) is 0 Å². The van der Waals surface area contributed by atoms with Crippen LogP contribution in [0.25, 0.3) is 0 Å². The van der Waals surface area contributed by atoms with Crippen molar-refractivity contribution in [2.45, 2.75) is 25.7 Å². The molecule has 2 heterocycles. The van der Waals surface area contributed by atoms with Crippen molar-refractivity contribution in [2.75, 3.05) is 26.2 Å². The maximum atomic E-state index is 11.7. The molecule has 2 fully saturated rings. The number of rotatable bonds is 2. The summed E-state index contributed by atoms with van der Waals surface area (Å²) >= 11 is 0. The van der Waals surface area contributed by atoms with Gasteiger partial charge in [0.05, 0.1) is 11.8 Å². The number of hydrogen-bond donors (Lipinski definition) is 2. The lowest BCUT2D eigenvalue weighted by Crippen LogP contribution is -2.39. The van der Waals surface area contributed by atoms with Gasteiger partial charge in [0.15, 0.2) is 0 Å². The zero-order valence-electron chi connectivity index (χ0n) is 10.0. The quantitative estimate of drug-likeness (QED) is 0.527. The molecular formula is C12H20N2O3. The van der Waals surface area contributed by atoms with Gasteiger partial charge in [-0.3, -0.25) is 9.59 Å². The molecule has 0 radical (unpaired) electrons. The number of carbonyl (C=O) groups is 2. The molecule has 2 aliphatic heterocycles. The lowest BCUT2D eigenvalue weighted by molar-refractivity contribution is -0.166. The summed E-state index contributed by atoms with van der Waals surface area (Å²) in [4.78, 5) is 23.5. The largest absolute Gasteiger partial charge is 0.393 e. The van der Waals surface area contributed by atoms with Gasteiger partial charge in [-0.2, -0.15) is 0 Å². The smallest absolute Gasteiger partial charge is 0.317 e. The van der Waals surface area contributed by atoms with Crippen molar-refractivity contribution in [3.8, 4) is 0 Å². The maximum Gasteiger partial charge on any atom is 0.317 e. The highest BCUT2D eigenvalue weighted by atomic mass is 16.6. The second-order valence-corrected chi connectivity index (χ2v) is 4.83. The normalized spacial score (nSPS) is 29.6. The van der Waals surface area contributed by atoms with Gasteiger partial charge in [-0.15, -0.1) is 0 Å². The van der Waals surface area contributed by atoms with E-state index in [9.17, 15) is 9.59 Å². The Morgan fingerprint density at radius 3 is 1.71 bits per heavy atom. The fraction of sp³-hybridized carbons (Fsp3) is 0.833. The highest BCUT2D eigenvalue weighted by Gasteiger charge is 2.28. The van der Waals surface area contributed by atoms with Gasteiger partial charge in [-0.05, 0) is 38.8 Å². The molecule has 0 aromatic carbocycles. The van der Waals surface area contributed by atoms with Crippen molar-refractivity contribution in [2.24, 2.45) is 11.8 Å². The zero-order valence-corrected chi connectivity index (χ0v) is 10.0. The molecule has 5 heteroatoms. The van der Waals surface area contributed by atoms with Crippen molar-refractivity contribution in [3.63, 3.8) is 0 Å². The first-order chi connectivity index (χ1) is 8.27. The molecule has 0 aromatic heterocycles. The lowest BCUT2D eigenvalue weighted by Gasteiger charge is -2.23. The van der Waals surface area contributed by atoms with E-state index in [1.807, 2.05) is 0 Å². The standard InChI is InChI=1S/C12H20N2O3/c15-11(9-3-1-5-13-7-9)17-12(16)10-4-2-6-14-8-10/h9-10,13-14H,1-8H2. The summed E-state index contributed by atoms with van der Waals surface area (Å²) in [5, 5.41) is 6.29. The third-order valence-electron chi connectivity index (χ3n) is 3.46. The Labute approximate surface area is 101 Å². The van der Waals surface area contributed by atoms with Gasteiger partial charge in [0.25, 0.3) is 0 Å². The summed E-state index contributed by atoms with van der Waals surface area (Å²) in [6.07, 6.45) is 3.59. The predicted molar refractivity (Wildman–Crippen MR) is 62.3 cm³/mol. The van der Waals surface area contributed by atoms with Crippen LogP contribution >= 0.6 is 0 Å². The van der Waals surface area contributed by atoms with E-state index in [0.717, 1.165) is 38.8 Å². The van der Waals surface area contributed by atoms with Crippen LogP contribution in [0, 0.1) is 11.8 Å². The van der Waals surface area contributed by atoms with E-state index in [4.69, 9.17) is 4.74 Å². The Morgan fingerprint density at radius 1 is 0.882 bits per heavy atom. The molecule has 0 bridgehead atoms. The molecule has 96 valence electrons. The van der Waals surface area contributed by atoms with Crippen LogP contribution in [0.3, 0.4) is 0 Å². The van der Waals surface area contributed by atoms with E-state index in [2.05, 4.69) is 10.6 Å². The monoisotopic (exact) mass is 240 g/mol. The number of hydrogen-bond acceptors (Lipinski definition) is 5. The number of carbonyl (C=O) groups excluding carboxylic acids is 2. The molecule has 2 atom stereocenters. The van der Waals surface area contributed by atoms with Gasteiger partial charge in [0, 0.05) is 13.1 Å². The zero-order chi connectivity index (χ0) is 12.1. The summed E-state index contributed by atoms with van der Waals surface area (Å²) < 4.78 is 4.97. The Kier molecular flexibility index (Phi) is 4.50. The maximum absolute atomic E-state index is 11.7. The number of ether oxygens (including phenoxy) is 1. The van der Waals surface area contributed by atoms with Crippen molar-refractivity contribution in [1.29, 1.82) is 0 Å². The third kappa shape index (κ3) is 3.51. The Morgan fingerprint density at radius 2 is 1.35 bits per heavy atom. The highest BCUT2D eigenvalue weighted by Crippen LogP contribution is 2.15. The van der Waals surface area contributed by atoms with Crippen molar-refractivity contribution in [1.82, 2.24) is 10.6 Å². The lowest BCUT2D eigenvalue weighted by atomic mass is 9.98. The number of esters is 2. The summed E-state index contributed by atoms with van der Waals surface area (Å²) in [6, 6.07) is 0. The van der Waals surface area contributed by atoms with Gasteiger partial charge in [0.2, 0.25) is 0 Å². The van der Waals surface area contributed by atoms with Crippen LogP contribution in [0.15, 0.2) is 0 Å². The topological polar surface area (TPSA) is 67.4 Å². The van der Waals surface area contributed by atoms with Crippen molar-refractivity contribution >= 4 is 11.9 Å². The van der Waals surface area contributed by atoms with Crippen LogP contribution in [0.4, 0.5) is 0 Å². The molecule has 2 saturated heterocycles. The molecule has 2 rings (SSSR count). The number of nitrogens with one attached hydrogen (secondary N) is 2. The van der Waals surface area contributed by atoms with Gasteiger partial charge < -0.3 is 15.4 Å². The van der Waals surface area contributed by atoms with E-state index in [0.29, 0.717) is 13.1 Å². The Balaban J connectivity index is 1.78. The summed E-state index contributed by atoms with van der Waals surface area (Å²) in [6.45, 7) is 3.17. The van der Waals surface area contributed by atoms with Crippen LogP contribution in [0.2, 0.25) is 0 Å². The van der Waals surface area contributed by atoms with Crippen LogP contribution in [0.5, 0.6) is 0 Å². The summed E-state index contributed by atoms with van der Waals surface area (Å²) in [5.74, 6) is -1.01. The minimum Gasteiger partial charge on any atom is -0.393 e. The average Bonchev–Trinajstić information content (AvgIpc) is 2.40. The molecule has 0 aliphatic carbocycles. The molecule has 17 heavy (non-hydrogen) atoms. The van der Waals surface area contributed by atoms with Crippen molar-refractivity contribution in [3.05, 3.63) is 0 Å². The summed E-state index contributed by atoms with van der Waals surface area (Å²) in [5.41, 5.74) is 0. The summed E-state index contributed by atoms with van der Waals surface area (Å²) in [7, 11) is 0. The van der Waals surface area contributed by atoms with Gasteiger partial charge in [0.1, 0.15) is 0 Å². The molecule has 2 unspecified atom stereocenters. The van der Waals surface area contributed by atoms with Gasteiger partial charge >= 0.3 is 11.9 Å². The van der Waals surface area contributed by atoms with Crippen LogP contribution < -0.4 is 10.6 Å². The second-order valence-electron chi connectivity index (χ2n) is 4.83. The van der Waals surface area contributed by atoms with E-state index in [1.165, 1.54) is 0 Å². The third-order valence-corrected chi connectivity index (χ3v) is 3.46. The first-order valence-corrected chi connectivity index (χ1v) is 6.44. The first kappa shape index (κ1) is 12.5.